The van der Waals surface area contributed by atoms with Gasteiger partial charge in [0.05, 0.1) is 24.4 Å². The highest BCUT2D eigenvalue weighted by Crippen LogP contribution is 2.28. The molecule has 0 spiro atoms. The first-order valence-electron chi connectivity index (χ1n) is 35.0. The Hall–Kier alpha value is -1.30. The minimum Gasteiger partial charge on any atom is -0.460 e. The molecule has 2 aliphatic rings. The zero-order valence-corrected chi connectivity index (χ0v) is 53.6. The number of aliphatic hydroxyl groups is 4. The van der Waals surface area contributed by atoms with Gasteiger partial charge in [0.2, 0.25) is 0 Å². The molecule has 0 aromatic rings. The molecule has 0 radical (unpaired) electrons. The lowest BCUT2D eigenvalue weighted by molar-refractivity contribution is -0.174. The Morgan fingerprint density at radius 3 is 0.926 bits per heavy atom. The Morgan fingerprint density at radius 2 is 0.617 bits per heavy atom. The number of unbranched alkanes of at least 4 members (excludes halogenated alkanes) is 35. The van der Waals surface area contributed by atoms with Gasteiger partial charge in [0.25, 0.3) is 0 Å². The first-order valence-corrected chi connectivity index (χ1v) is 35.0. The van der Waals surface area contributed by atoms with Crippen molar-refractivity contribution in [2.75, 3.05) is 26.2 Å². The van der Waals surface area contributed by atoms with Crippen molar-refractivity contribution in [1.29, 1.82) is 0 Å². The molecule has 9 atom stereocenters. The summed E-state index contributed by atoms with van der Waals surface area (Å²) < 4.78 is 11.7. The van der Waals surface area contributed by atoms with E-state index in [0.717, 1.165) is 90.0 Å². The smallest absolute Gasteiger partial charge is 0.326 e. The van der Waals surface area contributed by atoms with E-state index in [9.17, 15) is 30.0 Å². The van der Waals surface area contributed by atoms with Crippen molar-refractivity contribution in [3.63, 3.8) is 0 Å². The van der Waals surface area contributed by atoms with Crippen molar-refractivity contribution in [3.05, 3.63) is 0 Å². The molecular weight excluding hydrogens is 1010 g/mol. The van der Waals surface area contributed by atoms with E-state index in [4.69, 9.17) is 9.47 Å². The first kappa shape index (κ1) is 81.8. The number of nitrogens with zero attached hydrogens (tertiary/aromatic N) is 2. The lowest BCUT2D eigenvalue weighted by Crippen LogP contribution is -2.58. The van der Waals surface area contributed by atoms with Crippen molar-refractivity contribution >= 4 is 11.9 Å². The highest BCUT2D eigenvalue weighted by molar-refractivity contribution is 5.77. The quantitative estimate of drug-likeness (QED) is 0.0344. The summed E-state index contributed by atoms with van der Waals surface area (Å²) in [6, 6.07) is -0.980. The second-order valence-electron chi connectivity index (χ2n) is 25.5. The molecule has 2 fully saturated rings. The van der Waals surface area contributed by atoms with Gasteiger partial charge in [0.1, 0.15) is 24.3 Å². The van der Waals surface area contributed by atoms with E-state index in [0.29, 0.717) is 19.6 Å². The molecule has 2 aliphatic heterocycles. The highest BCUT2D eigenvalue weighted by Gasteiger charge is 2.41. The minimum atomic E-state index is -0.795. The van der Waals surface area contributed by atoms with E-state index in [1.807, 2.05) is 4.90 Å². The van der Waals surface area contributed by atoms with Crippen LogP contribution in [0.1, 0.15) is 365 Å². The topological polar surface area (TPSA) is 140 Å². The molecule has 2 saturated heterocycles. The molecule has 0 aromatic carbocycles. The molecule has 0 bridgehead atoms. The maximum atomic E-state index is 13.5. The number of hydrogen-bond acceptors (Lipinski definition) is 10. The second kappa shape index (κ2) is 57.8. The normalized spacial score (nSPS) is 19.6. The van der Waals surface area contributed by atoms with Gasteiger partial charge in [-0.1, -0.05) is 300 Å². The molecule has 2 heterocycles. The van der Waals surface area contributed by atoms with Gasteiger partial charge in [-0.3, -0.25) is 19.4 Å². The fourth-order valence-corrected chi connectivity index (χ4v) is 12.4. The number of carbonyl (C=O) groups excluding carboxylic acids is 2. The summed E-state index contributed by atoms with van der Waals surface area (Å²) in [6.07, 6.45) is 54.2. The van der Waals surface area contributed by atoms with Gasteiger partial charge in [0.15, 0.2) is 0 Å². The maximum absolute atomic E-state index is 13.5. The number of aliphatic hydroxyl groups excluding tert-OH is 4. The molecule has 9 unspecified atom stereocenters. The SMILES string of the molecule is C.C.CCCCCCCCCCC(O)CCC(C)C1C(=O)OC(CCCCCCCCCC)CN1CC(O)CCCCCCCCCC.CCCCCCCCCCC(O)CN1CC(CCCCCCCCCC)OC(=O)C1C(C)O. The molecular formula is C71H144N2O8. The summed E-state index contributed by atoms with van der Waals surface area (Å²) in [6.45, 7) is 17.4. The third-order valence-corrected chi connectivity index (χ3v) is 17.5. The molecule has 0 saturated carbocycles. The van der Waals surface area contributed by atoms with Crippen molar-refractivity contribution in [3.8, 4) is 0 Å². The third-order valence-electron chi connectivity index (χ3n) is 17.5. The highest BCUT2D eigenvalue weighted by atomic mass is 16.6. The fourth-order valence-electron chi connectivity index (χ4n) is 12.4. The van der Waals surface area contributed by atoms with Crippen molar-refractivity contribution in [1.82, 2.24) is 9.80 Å². The van der Waals surface area contributed by atoms with Crippen LogP contribution in [0.15, 0.2) is 0 Å². The van der Waals surface area contributed by atoms with Crippen LogP contribution in [0.3, 0.4) is 0 Å². The zero-order valence-electron chi connectivity index (χ0n) is 53.6. The Bertz CT molecular complexity index is 1330. The predicted octanol–water partition coefficient (Wildman–Crippen LogP) is 19.0. The number of cyclic esters (lactones) is 2. The third kappa shape index (κ3) is 44.8. The van der Waals surface area contributed by atoms with E-state index < -0.39 is 24.4 Å². The summed E-state index contributed by atoms with van der Waals surface area (Å²) >= 11 is 0. The van der Waals surface area contributed by atoms with E-state index in [1.165, 1.54) is 218 Å². The van der Waals surface area contributed by atoms with Crippen LogP contribution in [-0.4, -0.2) is 117 Å². The average molecular weight is 1150 g/mol. The van der Waals surface area contributed by atoms with E-state index >= 15 is 0 Å². The van der Waals surface area contributed by atoms with E-state index in [-0.39, 0.29) is 57.1 Å². The van der Waals surface area contributed by atoms with Crippen molar-refractivity contribution in [2.45, 2.75) is 414 Å². The van der Waals surface area contributed by atoms with Crippen LogP contribution in [0.25, 0.3) is 0 Å². The number of carbonyl (C=O) groups is 2. The number of hydrogen-bond donors (Lipinski definition) is 4. The lowest BCUT2D eigenvalue weighted by atomic mass is 9.90. The van der Waals surface area contributed by atoms with Gasteiger partial charge in [-0.2, -0.15) is 0 Å². The van der Waals surface area contributed by atoms with Gasteiger partial charge in [-0.15, -0.1) is 0 Å². The summed E-state index contributed by atoms with van der Waals surface area (Å²) in [7, 11) is 0. The number of morpholine rings is 2. The molecule has 0 aliphatic carbocycles. The largest absolute Gasteiger partial charge is 0.460 e. The first-order chi connectivity index (χ1) is 38.4. The molecule has 2 rings (SSSR count). The Balaban J connectivity index is 0. The Labute approximate surface area is 505 Å². The molecule has 10 nitrogen and oxygen atoms in total. The summed E-state index contributed by atoms with van der Waals surface area (Å²) in [4.78, 5) is 30.3. The second-order valence-corrected chi connectivity index (χ2v) is 25.5. The maximum Gasteiger partial charge on any atom is 0.326 e. The lowest BCUT2D eigenvalue weighted by Gasteiger charge is -2.42. The Morgan fingerprint density at radius 1 is 0.358 bits per heavy atom. The van der Waals surface area contributed by atoms with Crippen LogP contribution in [0, 0.1) is 5.92 Å². The van der Waals surface area contributed by atoms with Crippen LogP contribution >= 0.6 is 0 Å². The molecule has 486 valence electrons. The number of esters is 2. The summed E-state index contributed by atoms with van der Waals surface area (Å²) in [5.41, 5.74) is 0. The van der Waals surface area contributed by atoms with Crippen LogP contribution in [-0.2, 0) is 19.1 Å². The van der Waals surface area contributed by atoms with Crippen LogP contribution in [0.5, 0.6) is 0 Å². The zero-order chi connectivity index (χ0) is 58.0. The average Bonchev–Trinajstić information content (AvgIpc) is 3.44. The molecule has 0 amide bonds. The number of rotatable bonds is 54. The van der Waals surface area contributed by atoms with Gasteiger partial charge in [0, 0.05) is 26.2 Å². The summed E-state index contributed by atoms with van der Waals surface area (Å²) in [5, 5.41) is 42.6. The standard InChI is InChI=1S/C41H81NO4.C28H55NO4.2CH4/c1-5-8-11-14-17-20-23-26-29-37(43)33-32-36(4)40-41(45)46-39(31-28-25-22-19-16-13-10-7-3)35-42(40)34-38(44)30-27-24-21-18-15-12-9-6-2;1-4-6-8-10-12-14-16-18-20-25(31)22-29-23-26(33-28(32)27(29)24(3)30)21-19-17-15-13-11-9-7-5-2;;/h36-40,43-44H,5-35H2,1-4H3;24-27,30-31H,4-23H2,1-3H3;2*1H4. The van der Waals surface area contributed by atoms with E-state index in [1.54, 1.807) is 6.92 Å². The van der Waals surface area contributed by atoms with Crippen LogP contribution in [0.2, 0.25) is 0 Å². The fraction of sp³-hybridized carbons (Fsp3) is 0.972. The van der Waals surface area contributed by atoms with Gasteiger partial charge >= 0.3 is 11.9 Å². The Kier molecular flexibility index (Phi) is 58.3. The van der Waals surface area contributed by atoms with Crippen molar-refractivity contribution < 1.29 is 39.5 Å². The van der Waals surface area contributed by atoms with Gasteiger partial charge in [-0.25, -0.2) is 0 Å². The predicted molar refractivity (Wildman–Crippen MR) is 348 cm³/mol. The minimum absolute atomic E-state index is 0. The van der Waals surface area contributed by atoms with Crippen LogP contribution in [0.4, 0.5) is 0 Å². The molecule has 81 heavy (non-hydrogen) atoms. The molecule has 10 heteroatoms. The van der Waals surface area contributed by atoms with Gasteiger partial charge in [-0.05, 0) is 70.6 Å². The van der Waals surface area contributed by atoms with Crippen LogP contribution < -0.4 is 0 Å². The molecule has 4 N–H and O–H groups in total. The number of ether oxygens (including phenoxy) is 2. The molecule has 0 aromatic heterocycles. The monoisotopic (exact) mass is 1150 g/mol. The summed E-state index contributed by atoms with van der Waals surface area (Å²) in [5.74, 6) is -0.347. The van der Waals surface area contributed by atoms with E-state index in [2.05, 4.69) is 46.4 Å². The van der Waals surface area contributed by atoms with Gasteiger partial charge < -0.3 is 29.9 Å². The van der Waals surface area contributed by atoms with Crippen molar-refractivity contribution in [2.24, 2.45) is 5.92 Å². The number of β-amino-alcohol motifs (C(OH)–C–C–N with tert-alkyl or cyclic N) is 2.